The van der Waals surface area contributed by atoms with Crippen molar-refractivity contribution in [2.75, 3.05) is 11.4 Å². The lowest BCUT2D eigenvalue weighted by molar-refractivity contribution is 0.0948. The second kappa shape index (κ2) is 6.77. The van der Waals surface area contributed by atoms with Crippen molar-refractivity contribution in [3.05, 3.63) is 47.9 Å². The highest BCUT2D eigenvalue weighted by atomic mass is 16.1. The molecule has 1 aliphatic heterocycles. The van der Waals surface area contributed by atoms with Crippen LogP contribution in [0.2, 0.25) is 0 Å². The summed E-state index contributed by atoms with van der Waals surface area (Å²) in [5.74, 6) is 0.625. The maximum absolute atomic E-state index is 12.0. The first-order valence-corrected chi connectivity index (χ1v) is 8.18. The Morgan fingerprint density at radius 3 is 2.87 bits per heavy atom. The standard InChI is InChI=1S/C18H22N4O/c1-3-4-9-19-18(23)15-11-21-17(12-20-15)22-13(2)10-14-7-5-6-8-16(14)22/h5-8,11-13H,3-4,9-10H2,1-2H3,(H,19,23). The van der Waals surface area contributed by atoms with E-state index in [1.165, 1.54) is 11.3 Å². The van der Waals surface area contributed by atoms with Crippen molar-refractivity contribution in [2.24, 2.45) is 0 Å². The molecule has 0 bridgehead atoms. The molecule has 5 nitrogen and oxygen atoms in total. The lowest BCUT2D eigenvalue weighted by atomic mass is 10.1. The molecular weight excluding hydrogens is 288 g/mol. The SMILES string of the molecule is CCCCNC(=O)c1cnc(N2c3ccccc3CC2C)cn1. The van der Waals surface area contributed by atoms with Gasteiger partial charge in [-0.25, -0.2) is 9.97 Å². The minimum atomic E-state index is -0.160. The molecule has 0 spiro atoms. The molecule has 1 unspecified atom stereocenters. The monoisotopic (exact) mass is 310 g/mol. The Morgan fingerprint density at radius 1 is 1.30 bits per heavy atom. The summed E-state index contributed by atoms with van der Waals surface area (Å²) in [6.07, 6.45) is 6.27. The number of amides is 1. The van der Waals surface area contributed by atoms with E-state index >= 15 is 0 Å². The molecule has 0 fully saturated rings. The molecule has 0 aliphatic carbocycles. The van der Waals surface area contributed by atoms with Gasteiger partial charge < -0.3 is 10.2 Å². The number of nitrogens with one attached hydrogen (secondary N) is 1. The smallest absolute Gasteiger partial charge is 0.271 e. The topological polar surface area (TPSA) is 58.1 Å². The second-order valence-corrected chi connectivity index (χ2v) is 5.92. The molecule has 1 amide bonds. The number of fused-ring (bicyclic) bond motifs is 1. The van der Waals surface area contributed by atoms with Crippen LogP contribution in [0.15, 0.2) is 36.7 Å². The fraction of sp³-hybridized carbons (Fsp3) is 0.389. The Morgan fingerprint density at radius 2 is 2.13 bits per heavy atom. The molecule has 5 heteroatoms. The quantitative estimate of drug-likeness (QED) is 0.862. The molecule has 0 radical (unpaired) electrons. The van der Waals surface area contributed by atoms with Gasteiger partial charge >= 0.3 is 0 Å². The molecule has 1 atom stereocenters. The van der Waals surface area contributed by atoms with Gasteiger partial charge in [-0.1, -0.05) is 31.5 Å². The molecular formula is C18H22N4O. The highest BCUT2D eigenvalue weighted by Crippen LogP contribution is 2.36. The second-order valence-electron chi connectivity index (χ2n) is 5.92. The van der Waals surface area contributed by atoms with E-state index in [1.807, 2.05) is 6.07 Å². The first-order chi connectivity index (χ1) is 11.2. The molecule has 0 saturated carbocycles. The number of benzene rings is 1. The summed E-state index contributed by atoms with van der Waals surface area (Å²) >= 11 is 0. The van der Waals surface area contributed by atoms with Crippen molar-refractivity contribution in [3.63, 3.8) is 0 Å². The summed E-state index contributed by atoms with van der Waals surface area (Å²) in [6, 6.07) is 8.68. The van der Waals surface area contributed by atoms with Gasteiger partial charge in [-0.3, -0.25) is 4.79 Å². The van der Waals surface area contributed by atoms with Gasteiger partial charge in [0.05, 0.1) is 12.4 Å². The van der Waals surface area contributed by atoms with Crippen molar-refractivity contribution < 1.29 is 4.79 Å². The van der Waals surface area contributed by atoms with Crippen LogP contribution in [-0.4, -0.2) is 28.5 Å². The molecule has 1 N–H and O–H groups in total. The van der Waals surface area contributed by atoms with E-state index in [9.17, 15) is 4.79 Å². The zero-order valence-corrected chi connectivity index (χ0v) is 13.6. The molecule has 1 aliphatic rings. The van der Waals surface area contributed by atoms with Gasteiger partial charge in [0.15, 0.2) is 5.82 Å². The van der Waals surface area contributed by atoms with E-state index in [2.05, 4.69) is 52.2 Å². The number of rotatable bonds is 5. The van der Waals surface area contributed by atoms with Crippen molar-refractivity contribution in [1.82, 2.24) is 15.3 Å². The molecule has 23 heavy (non-hydrogen) atoms. The van der Waals surface area contributed by atoms with Crippen LogP contribution in [0.25, 0.3) is 0 Å². The predicted octanol–water partition coefficient (Wildman–Crippen LogP) is 3.09. The first-order valence-electron chi connectivity index (χ1n) is 8.18. The van der Waals surface area contributed by atoms with Gasteiger partial charge in [0.25, 0.3) is 5.91 Å². The van der Waals surface area contributed by atoms with Crippen molar-refractivity contribution in [1.29, 1.82) is 0 Å². The maximum Gasteiger partial charge on any atom is 0.271 e. The van der Waals surface area contributed by atoms with Crippen LogP contribution in [0.3, 0.4) is 0 Å². The number of hydrogen-bond donors (Lipinski definition) is 1. The number of unbranched alkanes of at least 4 members (excludes halogenated alkanes) is 1. The molecule has 0 saturated heterocycles. The van der Waals surface area contributed by atoms with Crippen molar-refractivity contribution in [3.8, 4) is 0 Å². The van der Waals surface area contributed by atoms with Crippen LogP contribution in [0.4, 0.5) is 11.5 Å². The van der Waals surface area contributed by atoms with Crippen molar-refractivity contribution >= 4 is 17.4 Å². The van der Waals surface area contributed by atoms with Crippen LogP contribution in [-0.2, 0) is 6.42 Å². The zero-order chi connectivity index (χ0) is 16.2. The minimum Gasteiger partial charge on any atom is -0.351 e. The molecule has 1 aromatic heterocycles. The number of carbonyl (C=O) groups excluding carboxylic acids is 1. The lowest BCUT2D eigenvalue weighted by Crippen LogP contribution is -2.27. The summed E-state index contributed by atoms with van der Waals surface area (Å²) < 4.78 is 0. The van der Waals surface area contributed by atoms with Gasteiger partial charge in [0.1, 0.15) is 5.69 Å². The summed E-state index contributed by atoms with van der Waals surface area (Å²) in [5.41, 5.74) is 2.86. The van der Waals surface area contributed by atoms with Crippen molar-refractivity contribution in [2.45, 2.75) is 39.2 Å². The summed E-state index contributed by atoms with van der Waals surface area (Å²) in [6.45, 7) is 4.94. The molecule has 2 heterocycles. The number of hydrogen-bond acceptors (Lipinski definition) is 4. The molecule has 2 aromatic rings. The third kappa shape index (κ3) is 3.18. The Kier molecular flexibility index (Phi) is 4.55. The Hall–Kier alpha value is -2.43. The third-order valence-electron chi connectivity index (χ3n) is 4.14. The maximum atomic E-state index is 12.0. The van der Waals surface area contributed by atoms with Crippen LogP contribution >= 0.6 is 0 Å². The summed E-state index contributed by atoms with van der Waals surface area (Å²) in [4.78, 5) is 22.9. The third-order valence-corrected chi connectivity index (χ3v) is 4.14. The normalized spacial score (nSPS) is 16.3. The highest BCUT2D eigenvalue weighted by Gasteiger charge is 2.27. The van der Waals surface area contributed by atoms with E-state index < -0.39 is 0 Å². The van der Waals surface area contributed by atoms with E-state index in [0.29, 0.717) is 18.3 Å². The zero-order valence-electron chi connectivity index (χ0n) is 13.6. The van der Waals surface area contributed by atoms with Crippen LogP contribution in [0, 0.1) is 0 Å². The fourth-order valence-corrected chi connectivity index (χ4v) is 2.95. The Balaban J connectivity index is 1.76. The van der Waals surface area contributed by atoms with Gasteiger partial charge in [-0.05, 0) is 31.4 Å². The molecule has 120 valence electrons. The Labute approximate surface area is 136 Å². The Bertz CT molecular complexity index is 684. The number of aromatic nitrogens is 2. The van der Waals surface area contributed by atoms with Crippen LogP contribution < -0.4 is 10.2 Å². The first kappa shape index (κ1) is 15.5. The van der Waals surface area contributed by atoms with Gasteiger partial charge in [0.2, 0.25) is 0 Å². The largest absolute Gasteiger partial charge is 0.351 e. The highest BCUT2D eigenvalue weighted by molar-refractivity contribution is 5.92. The number of nitrogens with zero attached hydrogens (tertiary/aromatic N) is 3. The summed E-state index contributed by atoms with van der Waals surface area (Å²) in [5, 5.41) is 2.86. The number of carbonyl (C=O) groups is 1. The summed E-state index contributed by atoms with van der Waals surface area (Å²) in [7, 11) is 0. The lowest BCUT2D eigenvalue weighted by Gasteiger charge is -2.23. The van der Waals surface area contributed by atoms with Gasteiger partial charge in [0, 0.05) is 18.3 Å². The number of anilines is 2. The van der Waals surface area contributed by atoms with Gasteiger partial charge in [-0.15, -0.1) is 0 Å². The van der Waals surface area contributed by atoms with Crippen LogP contribution in [0.5, 0.6) is 0 Å². The number of para-hydroxylation sites is 1. The van der Waals surface area contributed by atoms with E-state index in [1.54, 1.807) is 12.4 Å². The average Bonchev–Trinajstić information content (AvgIpc) is 2.91. The average molecular weight is 310 g/mol. The minimum absolute atomic E-state index is 0.160. The van der Waals surface area contributed by atoms with E-state index in [-0.39, 0.29) is 5.91 Å². The van der Waals surface area contributed by atoms with Gasteiger partial charge in [-0.2, -0.15) is 0 Å². The van der Waals surface area contributed by atoms with E-state index in [0.717, 1.165) is 25.1 Å². The molecule has 3 rings (SSSR count). The van der Waals surface area contributed by atoms with Crippen LogP contribution in [0.1, 0.15) is 42.7 Å². The fourth-order valence-electron chi connectivity index (χ4n) is 2.95. The molecule has 1 aromatic carbocycles. The predicted molar refractivity (Wildman–Crippen MR) is 91.0 cm³/mol. The van der Waals surface area contributed by atoms with E-state index in [4.69, 9.17) is 0 Å².